The summed E-state index contributed by atoms with van der Waals surface area (Å²) in [4.78, 5) is 13.2. The summed E-state index contributed by atoms with van der Waals surface area (Å²) in [5, 5.41) is 0.587. The minimum absolute atomic E-state index is 0.247. The maximum absolute atomic E-state index is 13.2. The second kappa shape index (κ2) is 11.0. The summed E-state index contributed by atoms with van der Waals surface area (Å²) < 4.78 is 18.6. The number of halogens is 2. The monoisotopic (exact) mass is 489 g/mol. The number of carbonyl (C=O) groups excluding carboxylic acids is 1. The number of aryl methyl sites for hydroxylation is 1. The van der Waals surface area contributed by atoms with E-state index in [-0.39, 0.29) is 18.5 Å². The Hall–Kier alpha value is -2.63. The van der Waals surface area contributed by atoms with Gasteiger partial charge in [0.05, 0.1) is 38.0 Å². The molecule has 4 rings (SSSR count). The third-order valence-corrected chi connectivity index (χ3v) is 6.05. The number of rotatable bonds is 6. The summed E-state index contributed by atoms with van der Waals surface area (Å²) in [7, 11) is 3.21. The van der Waals surface area contributed by atoms with Crippen LogP contribution in [-0.4, -0.2) is 31.4 Å². The van der Waals surface area contributed by atoms with Crippen molar-refractivity contribution in [2.24, 2.45) is 0 Å². The highest BCUT2D eigenvalue weighted by Gasteiger charge is 2.33. The van der Waals surface area contributed by atoms with E-state index in [0.717, 1.165) is 40.1 Å². The Morgan fingerprint density at radius 2 is 1.79 bits per heavy atom. The van der Waals surface area contributed by atoms with Crippen LogP contribution >= 0.6 is 23.2 Å². The zero-order chi connectivity index (χ0) is 24.1. The first-order valence-electron chi connectivity index (χ1n) is 11.0. The van der Waals surface area contributed by atoms with Gasteiger partial charge in [0.25, 0.3) is 0 Å². The van der Waals surface area contributed by atoms with Gasteiger partial charge in [-0.3, -0.25) is 0 Å². The Morgan fingerprint density at radius 3 is 2.39 bits per heavy atom. The van der Waals surface area contributed by atoms with Gasteiger partial charge in [-0.05, 0) is 48.7 Å². The highest BCUT2D eigenvalue weighted by atomic mass is 35.5. The van der Waals surface area contributed by atoms with Crippen LogP contribution in [-0.2, 0) is 23.6 Å². The fraction of sp³-hybridized carbons (Fsp3) is 0.346. The van der Waals surface area contributed by atoms with Crippen LogP contribution in [0.3, 0.4) is 0 Å². The van der Waals surface area contributed by atoms with Gasteiger partial charge in [-0.2, -0.15) is 0 Å². The van der Waals surface area contributed by atoms with E-state index >= 15 is 0 Å². The predicted molar refractivity (Wildman–Crippen MR) is 134 cm³/mol. The first-order chi connectivity index (χ1) is 16.0. The lowest BCUT2D eigenvalue weighted by Crippen LogP contribution is -2.15. The number of nitrogens with zero attached hydrogens (tertiary/aromatic N) is 1. The highest BCUT2D eigenvalue weighted by Crippen LogP contribution is 2.46. The molecule has 0 saturated heterocycles. The molecule has 2 heterocycles. The molecule has 3 aromatic rings. The third kappa shape index (κ3) is 4.57. The van der Waals surface area contributed by atoms with Crippen LogP contribution in [0.2, 0.25) is 5.02 Å². The number of esters is 1. The van der Waals surface area contributed by atoms with E-state index in [0.29, 0.717) is 28.6 Å². The van der Waals surface area contributed by atoms with Gasteiger partial charge in [-0.25, -0.2) is 4.79 Å². The van der Waals surface area contributed by atoms with E-state index in [9.17, 15) is 4.79 Å². The van der Waals surface area contributed by atoms with Crippen LogP contribution in [0.25, 0.3) is 22.4 Å². The molecule has 0 radical (unpaired) electrons. The summed E-state index contributed by atoms with van der Waals surface area (Å²) >= 11 is 12.7. The maximum atomic E-state index is 13.2. The molecule has 0 bridgehead atoms. The van der Waals surface area contributed by atoms with Crippen molar-refractivity contribution in [2.75, 3.05) is 20.8 Å². The molecule has 0 saturated carbocycles. The molecule has 5 nitrogen and oxygen atoms in total. The Labute approximate surface area is 205 Å². The molecule has 2 aromatic carbocycles. The minimum atomic E-state index is -0.389. The van der Waals surface area contributed by atoms with Gasteiger partial charge in [0, 0.05) is 28.4 Å². The Kier molecular flexibility index (Phi) is 8.33. The second-order valence-corrected chi connectivity index (χ2v) is 7.88. The number of methoxy groups -OCH3 is 2. The number of ether oxygens (including phenoxy) is 3. The van der Waals surface area contributed by atoms with Crippen molar-refractivity contribution in [3.63, 3.8) is 0 Å². The molecule has 1 aliphatic heterocycles. The van der Waals surface area contributed by atoms with Crippen molar-refractivity contribution in [1.82, 2.24) is 4.57 Å². The number of benzene rings is 2. The van der Waals surface area contributed by atoms with Gasteiger partial charge >= 0.3 is 5.97 Å². The van der Waals surface area contributed by atoms with Gasteiger partial charge in [0.15, 0.2) is 11.5 Å². The number of hydrogen-bond acceptors (Lipinski definition) is 4. The van der Waals surface area contributed by atoms with Crippen LogP contribution in [0.15, 0.2) is 36.4 Å². The predicted octanol–water partition coefficient (Wildman–Crippen LogP) is 6.99. The van der Waals surface area contributed by atoms with Crippen LogP contribution < -0.4 is 9.47 Å². The van der Waals surface area contributed by atoms with E-state index < -0.39 is 0 Å². The molecule has 0 atom stereocenters. The molecule has 7 heteroatoms. The molecule has 0 spiro atoms. The van der Waals surface area contributed by atoms with E-state index in [1.165, 1.54) is 0 Å². The summed E-state index contributed by atoms with van der Waals surface area (Å²) in [5.74, 6) is 1.12. The quantitative estimate of drug-likeness (QED) is 0.276. The molecule has 33 heavy (non-hydrogen) atoms. The average molecular weight is 490 g/mol. The Morgan fingerprint density at radius 1 is 1.09 bits per heavy atom. The van der Waals surface area contributed by atoms with Crippen molar-refractivity contribution >= 4 is 29.2 Å². The third-order valence-electron chi connectivity index (χ3n) is 5.56. The molecule has 0 unspecified atom stereocenters. The second-order valence-electron chi connectivity index (χ2n) is 7.18. The fourth-order valence-electron chi connectivity index (χ4n) is 4.27. The van der Waals surface area contributed by atoms with Crippen molar-refractivity contribution in [3.05, 3.63) is 58.2 Å². The van der Waals surface area contributed by atoms with Gasteiger partial charge < -0.3 is 18.8 Å². The molecule has 0 fully saturated rings. The Balaban J connectivity index is 0.00000149. The van der Waals surface area contributed by atoms with E-state index in [2.05, 4.69) is 4.57 Å². The van der Waals surface area contributed by atoms with E-state index in [4.69, 9.17) is 37.4 Å². The van der Waals surface area contributed by atoms with Gasteiger partial charge in [0.2, 0.25) is 0 Å². The first-order valence-corrected chi connectivity index (χ1v) is 11.9. The van der Waals surface area contributed by atoms with Gasteiger partial charge in [-0.1, -0.05) is 37.6 Å². The lowest BCUT2D eigenvalue weighted by Gasteiger charge is -2.23. The number of carbonyl (C=O) groups is 1. The highest BCUT2D eigenvalue weighted by molar-refractivity contribution is 6.31. The molecular formula is C26H29Cl2NO4. The number of alkyl halides is 1. The average Bonchev–Trinajstić information content (AvgIpc) is 3.19. The van der Waals surface area contributed by atoms with Crippen LogP contribution in [0.5, 0.6) is 11.5 Å². The smallest absolute Gasteiger partial charge is 0.340 e. The van der Waals surface area contributed by atoms with Gasteiger partial charge in [-0.15, -0.1) is 11.6 Å². The lowest BCUT2D eigenvalue weighted by molar-refractivity contribution is 0.0528. The first kappa shape index (κ1) is 25.0. The SMILES string of the molecule is CC.CCOC(=O)c1c(-c2cccc(Cl)c2)c(CCl)n2c1-c1cc(OC)c(OC)cc1CC2. The van der Waals surface area contributed by atoms with E-state index in [1.54, 1.807) is 27.2 Å². The number of aromatic nitrogens is 1. The summed E-state index contributed by atoms with van der Waals surface area (Å²) in [6, 6.07) is 11.3. The van der Waals surface area contributed by atoms with Crippen LogP contribution in [0.1, 0.15) is 42.4 Å². The maximum Gasteiger partial charge on any atom is 0.340 e. The van der Waals surface area contributed by atoms with Crippen LogP contribution in [0, 0.1) is 0 Å². The summed E-state index contributed by atoms with van der Waals surface area (Å²) in [6.45, 7) is 6.75. The fourth-order valence-corrected chi connectivity index (χ4v) is 4.74. The molecule has 0 amide bonds. The Bertz CT molecular complexity index is 1150. The standard InChI is InChI=1S/C24H23Cl2NO4.C2H6/c1-4-31-24(28)22-21(15-6-5-7-16(26)10-15)18(13-25)27-9-8-14-11-19(29-2)20(30-3)12-17(14)23(22)27;1-2/h5-7,10-12H,4,8-9,13H2,1-3H3;1-2H3. The summed E-state index contributed by atoms with van der Waals surface area (Å²) in [6.07, 6.45) is 0.776. The number of fused-ring (bicyclic) bond motifs is 3. The molecule has 0 aliphatic carbocycles. The molecule has 1 aliphatic rings. The normalized spacial score (nSPS) is 11.6. The van der Waals surface area contributed by atoms with Crippen molar-refractivity contribution in [3.8, 4) is 33.9 Å². The molecular weight excluding hydrogens is 461 g/mol. The van der Waals surface area contributed by atoms with Crippen molar-refractivity contribution < 1.29 is 19.0 Å². The zero-order valence-electron chi connectivity index (χ0n) is 19.6. The molecule has 176 valence electrons. The zero-order valence-corrected chi connectivity index (χ0v) is 21.1. The van der Waals surface area contributed by atoms with E-state index in [1.807, 2.05) is 44.2 Å². The largest absolute Gasteiger partial charge is 0.493 e. The summed E-state index contributed by atoms with van der Waals surface area (Å²) in [5.41, 5.74) is 5.71. The number of hydrogen-bond donors (Lipinski definition) is 0. The van der Waals surface area contributed by atoms with Crippen LogP contribution in [0.4, 0.5) is 0 Å². The molecule has 0 N–H and O–H groups in total. The van der Waals surface area contributed by atoms with Crippen molar-refractivity contribution in [1.29, 1.82) is 0 Å². The lowest BCUT2D eigenvalue weighted by atomic mass is 9.93. The minimum Gasteiger partial charge on any atom is -0.493 e. The topological polar surface area (TPSA) is 49.7 Å². The molecule has 1 aromatic heterocycles. The van der Waals surface area contributed by atoms with Gasteiger partial charge in [0.1, 0.15) is 0 Å². The van der Waals surface area contributed by atoms with Crippen molar-refractivity contribution in [2.45, 2.75) is 39.6 Å².